The highest BCUT2D eigenvalue weighted by Gasteiger charge is 2.31. The molecular weight excluding hydrogens is 503 g/mol. The number of imidazole rings is 1. The minimum Gasteiger partial charge on any atom is -0.406 e. The van der Waals surface area contributed by atoms with Gasteiger partial charge in [-0.05, 0) is 59.0 Å². The number of benzene rings is 4. The number of halogens is 4. The number of hydrogen-bond acceptors (Lipinski definition) is 4. The van der Waals surface area contributed by atoms with Gasteiger partial charge in [-0.1, -0.05) is 48.0 Å². The number of carbonyl (C=O) groups is 1. The number of hydrogen-bond donors (Lipinski definition) is 0. The van der Waals surface area contributed by atoms with Gasteiger partial charge in [0.2, 0.25) is 0 Å². The third-order valence-electron chi connectivity index (χ3n) is 5.76. The van der Waals surface area contributed by atoms with Gasteiger partial charge in [0.15, 0.2) is 5.78 Å². The fourth-order valence-corrected chi connectivity index (χ4v) is 4.29. The fourth-order valence-electron chi connectivity index (χ4n) is 4.09. The zero-order chi connectivity index (χ0) is 26.0. The normalized spacial score (nSPS) is 12.0. The minimum atomic E-state index is -4.74. The molecule has 5 nitrogen and oxygen atoms in total. The van der Waals surface area contributed by atoms with Gasteiger partial charge < -0.3 is 4.74 Å². The van der Waals surface area contributed by atoms with Crippen molar-refractivity contribution in [3.05, 3.63) is 101 Å². The number of carbonyl (C=O) groups excluding carboxylic acids is 1. The quantitative estimate of drug-likeness (QED) is 0.217. The van der Waals surface area contributed by atoms with Gasteiger partial charge in [-0.25, -0.2) is 4.98 Å². The van der Waals surface area contributed by atoms with Crippen molar-refractivity contribution in [1.82, 2.24) is 9.55 Å². The van der Waals surface area contributed by atoms with Gasteiger partial charge in [0, 0.05) is 28.7 Å². The minimum absolute atomic E-state index is 0.0320. The van der Waals surface area contributed by atoms with E-state index in [1.54, 1.807) is 35.3 Å². The van der Waals surface area contributed by atoms with Gasteiger partial charge in [0.25, 0.3) is 0 Å². The lowest BCUT2D eigenvalue weighted by molar-refractivity contribution is -0.274. The molecule has 0 aliphatic rings. The number of nitrogens with zero attached hydrogens (tertiary/aromatic N) is 3. The first kappa shape index (κ1) is 24.5. The van der Waals surface area contributed by atoms with E-state index in [0.717, 1.165) is 32.9 Å². The Kier molecular flexibility index (Phi) is 6.67. The largest absolute Gasteiger partial charge is 0.573 e. The van der Waals surface area contributed by atoms with Crippen molar-refractivity contribution in [3.63, 3.8) is 0 Å². The van der Waals surface area contributed by atoms with Crippen LogP contribution in [0.2, 0.25) is 5.02 Å². The number of Topliss-reactive ketones (excluding diaryl/α,β-unsaturated/α-hetero) is 1. The van der Waals surface area contributed by atoms with E-state index in [4.69, 9.17) is 11.6 Å². The summed E-state index contributed by atoms with van der Waals surface area (Å²) in [7, 11) is 0. The predicted octanol–water partition coefficient (Wildman–Crippen LogP) is 6.96. The molecule has 186 valence electrons. The molecule has 0 aliphatic carbocycles. The monoisotopic (exact) mass is 521 g/mol. The maximum Gasteiger partial charge on any atom is 0.573 e. The molecule has 37 heavy (non-hydrogen) atoms. The molecule has 5 rings (SSSR count). The fraction of sp³-hybridized carbons (Fsp3) is 0.107. The average molecular weight is 522 g/mol. The Labute approximate surface area is 214 Å². The van der Waals surface area contributed by atoms with Crippen molar-refractivity contribution in [3.8, 4) is 11.4 Å². The van der Waals surface area contributed by atoms with Crippen molar-refractivity contribution in [1.29, 1.82) is 0 Å². The van der Waals surface area contributed by atoms with E-state index in [-0.39, 0.29) is 24.5 Å². The van der Waals surface area contributed by atoms with Gasteiger partial charge >= 0.3 is 6.36 Å². The Bertz CT molecular complexity index is 1630. The van der Waals surface area contributed by atoms with Gasteiger partial charge in [0.1, 0.15) is 12.1 Å². The highest BCUT2D eigenvalue weighted by atomic mass is 35.5. The smallest absolute Gasteiger partial charge is 0.406 e. The summed E-state index contributed by atoms with van der Waals surface area (Å²) in [6, 6.07) is 22.5. The van der Waals surface area contributed by atoms with E-state index in [1.165, 1.54) is 12.1 Å². The number of fused-ring (bicyclic) bond motifs is 3. The van der Waals surface area contributed by atoms with Crippen molar-refractivity contribution in [2.24, 2.45) is 4.99 Å². The standard InChI is InChI=1S/C28H19ClF3N3O2/c29-25-4-2-1-3-20(25)14-22(36)16-33-15-18-5-11-24-19(13-18)6-12-26-27(24)34-17-35(26)21-7-9-23(10-8-21)37-28(30,31)32/h1-13,15,17H,14,16H2. The van der Waals surface area contributed by atoms with Crippen molar-refractivity contribution >= 4 is 45.4 Å². The maximum absolute atomic E-state index is 12.4. The Morgan fingerprint density at radius 2 is 1.81 bits per heavy atom. The van der Waals surface area contributed by atoms with Crippen molar-refractivity contribution in [2.45, 2.75) is 12.8 Å². The van der Waals surface area contributed by atoms with E-state index in [0.29, 0.717) is 10.7 Å². The number of rotatable bonds is 7. The molecule has 0 atom stereocenters. The Hall–Kier alpha value is -4.17. The lowest BCUT2D eigenvalue weighted by Gasteiger charge is -2.10. The van der Waals surface area contributed by atoms with Gasteiger partial charge in [0.05, 0.1) is 17.6 Å². The molecule has 9 heteroatoms. The number of alkyl halides is 3. The third-order valence-corrected chi connectivity index (χ3v) is 6.13. The third kappa shape index (κ3) is 5.65. The van der Waals surface area contributed by atoms with Crippen LogP contribution < -0.4 is 4.74 Å². The molecule has 1 aromatic heterocycles. The second kappa shape index (κ2) is 10.1. The summed E-state index contributed by atoms with van der Waals surface area (Å²) >= 11 is 6.12. The van der Waals surface area contributed by atoms with E-state index in [2.05, 4.69) is 14.7 Å². The number of aromatic nitrogens is 2. The lowest BCUT2D eigenvalue weighted by atomic mass is 10.1. The van der Waals surface area contributed by atoms with Gasteiger partial charge in [-0.2, -0.15) is 0 Å². The van der Waals surface area contributed by atoms with Crippen LogP contribution >= 0.6 is 11.6 Å². The highest BCUT2D eigenvalue weighted by molar-refractivity contribution is 6.31. The molecule has 0 saturated heterocycles. The Balaban J connectivity index is 1.32. The van der Waals surface area contributed by atoms with E-state index in [1.807, 2.05) is 48.5 Å². The Morgan fingerprint density at radius 1 is 1.03 bits per heavy atom. The molecule has 0 aliphatic heterocycles. The number of ether oxygens (including phenoxy) is 1. The molecule has 1 heterocycles. The molecule has 0 saturated carbocycles. The molecule has 0 fully saturated rings. The maximum atomic E-state index is 12.4. The van der Waals surface area contributed by atoms with E-state index >= 15 is 0 Å². The predicted molar refractivity (Wildman–Crippen MR) is 138 cm³/mol. The van der Waals surface area contributed by atoms with Crippen molar-refractivity contribution < 1.29 is 22.7 Å². The summed E-state index contributed by atoms with van der Waals surface area (Å²) in [5.74, 6) is -0.318. The number of aliphatic imine (C=N–C) groups is 1. The van der Waals surface area contributed by atoms with E-state index in [9.17, 15) is 18.0 Å². The SMILES string of the molecule is O=C(CN=Cc1ccc2c(ccc3c2ncn3-c2ccc(OC(F)(F)F)cc2)c1)Cc1ccccc1Cl. The first-order valence-corrected chi connectivity index (χ1v) is 11.7. The van der Waals surface area contributed by atoms with Crippen LogP contribution in [0.25, 0.3) is 27.5 Å². The van der Waals surface area contributed by atoms with Crippen molar-refractivity contribution in [2.75, 3.05) is 6.54 Å². The molecule has 0 spiro atoms. The summed E-state index contributed by atoms with van der Waals surface area (Å²) in [6.07, 6.45) is -1.22. The molecule has 5 aromatic rings. The zero-order valence-electron chi connectivity index (χ0n) is 19.2. The van der Waals surface area contributed by atoms with Gasteiger partial charge in [-0.15, -0.1) is 13.2 Å². The zero-order valence-corrected chi connectivity index (χ0v) is 20.0. The lowest BCUT2D eigenvalue weighted by Crippen LogP contribution is -2.17. The molecule has 0 N–H and O–H groups in total. The Morgan fingerprint density at radius 3 is 2.57 bits per heavy atom. The van der Waals surface area contributed by atoms with E-state index < -0.39 is 6.36 Å². The molecule has 0 amide bonds. The highest BCUT2D eigenvalue weighted by Crippen LogP contribution is 2.29. The van der Waals surface area contributed by atoms with Crippen LogP contribution in [0.4, 0.5) is 13.2 Å². The summed E-state index contributed by atoms with van der Waals surface area (Å²) < 4.78 is 43.0. The molecule has 0 unspecified atom stereocenters. The van der Waals surface area contributed by atoms with Crippen LogP contribution in [-0.2, 0) is 11.2 Å². The summed E-state index contributed by atoms with van der Waals surface area (Å²) in [4.78, 5) is 21.1. The van der Waals surface area contributed by atoms with Gasteiger partial charge in [-0.3, -0.25) is 14.4 Å². The first-order chi connectivity index (χ1) is 17.8. The van der Waals surface area contributed by atoms with Crippen LogP contribution in [0.5, 0.6) is 5.75 Å². The second-order valence-electron chi connectivity index (χ2n) is 8.35. The molecule has 4 aromatic carbocycles. The summed E-state index contributed by atoms with van der Waals surface area (Å²) in [6.45, 7) is 0.0551. The topological polar surface area (TPSA) is 56.5 Å². The van der Waals surface area contributed by atoms with Crippen LogP contribution in [0.3, 0.4) is 0 Å². The first-order valence-electron chi connectivity index (χ1n) is 11.3. The number of ketones is 1. The van der Waals surface area contributed by atoms with Crippen LogP contribution in [0, 0.1) is 0 Å². The van der Waals surface area contributed by atoms with Crippen LogP contribution in [0.15, 0.2) is 90.2 Å². The molecule has 0 bridgehead atoms. The molecule has 0 radical (unpaired) electrons. The van der Waals surface area contributed by atoms with Crippen LogP contribution in [-0.4, -0.2) is 34.5 Å². The summed E-state index contributed by atoms with van der Waals surface area (Å²) in [5.41, 5.74) is 3.85. The summed E-state index contributed by atoms with van der Waals surface area (Å²) in [5, 5.41) is 2.42. The van der Waals surface area contributed by atoms with Crippen LogP contribution in [0.1, 0.15) is 11.1 Å². The second-order valence-corrected chi connectivity index (χ2v) is 8.75. The molecular formula is C28H19ClF3N3O2. The average Bonchev–Trinajstić information content (AvgIpc) is 3.29.